The molecule has 0 radical (unpaired) electrons. The van der Waals surface area contributed by atoms with Crippen LogP contribution in [0.15, 0.2) is 22.7 Å². The van der Waals surface area contributed by atoms with E-state index in [1.54, 1.807) is 36.3 Å². The molecule has 0 amide bonds. The first-order chi connectivity index (χ1) is 9.86. The van der Waals surface area contributed by atoms with E-state index in [1.807, 2.05) is 0 Å². The van der Waals surface area contributed by atoms with Crippen LogP contribution >= 0.6 is 11.3 Å². The van der Waals surface area contributed by atoms with E-state index in [4.69, 9.17) is 0 Å². The van der Waals surface area contributed by atoms with Gasteiger partial charge in [0, 0.05) is 19.4 Å². The monoisotopic (exact) mass is 329 g/mol. The van der Waals surface area contributed by atoms with E-state index in [2.05, 4.69) is 14.4 Å². The molecule has 21 heavy (non-hydrogen) atoms. The van der Waals surface area contributed by atoms with Crippen molar-refractivity contribution in [1.82, 2.24) is 14.3 Å². The standard InChI is InChI=1S/C12H15N3O4S2/c1-8-7-20-10(12(16)19-3)11(8)21(17,18)14-6-9-13-4-5-15(9)2/h4-5,7,14H,6H2,1-3H3. The first-order valence-electron chi connectivity index (χ1n) is 5.99. The highest BCUT2D eigenvalue weighted by molar-refractivity contribution is 7.89. The van der Waals surface area contributed by atoms with Crippen molar-refractivity contribution in [1.29, 1.82) is 0 Å². The molecule has 0 aliphatic heterocycles. The number of rotatable bonds is 5. The summed E-state index contributed by atoms with van der Waals surface area (Å²) in [6, 6.07) is 0. The second-order valence-electron chi connectivity index (χ2n) is 4.35. The van der Waals surface area contributed by atoms with E-state index in [0.717, 1.165) is 11.3 Å². The van der Waals surface area contributed by atoms with Crippen molar-refractivity contribution in [2.45, 2.75) is 18.4 Å². The molecule has 114 valence electrons. The lowest BCUT2D eigenvalue weighted by atomic mass is 10.3. The van der Waals surface area contributed by atoms with Gasteiger partial charge < -0.3 is 9.30 Å². The average molecular weight is 329 g/mol. The van der Waals surface area contributed by atoms with E-state index >= 15 is 0 Å². The maximum absolute atomic E-state index is 12.4. The Morgan fingerprint density at radius 3 is 2.81 bits per heavy atom. The number of hydrogen-bond donors (Lipinski definition) is 1. The predicted molar refractivity (Wildman–Crippen MR) is 77.6 cm³/mol. The fourth-order valence-corrected chi connectivity index (χ4v) is 4.48. The SMILES string of the molecule is COC(=O)c1scc(C)c1S(=O)(=O)NCc1nccn1C. The molecule has 0 bridgehead atoms. The largest absolute Gasteiger partial charge is 0.465 e. The van der Waals surface area contributed by atoms with Gasteiger partial charge in [-0.2, -0.15) is 0 Å². The van der Waals surface area contributed by atoms with Gasteiger partial charge in [0.05, 0.1) is 13.7 Å². The quantitative estimate of drug-likeness (QED) is 0.828. The van der Waals surface area contributed by atoms with Gasteiger partial charge in [-0.15, -0.1) is 11.3 Å². The Kier molecular flexibility index (Phi) is 4.45. The Balaban J connectivity index is 2.30. The van der Waals surface area contributed by atoms with Crippen LogP contribution in [0.25, 0.3) is 0 Å². The molecule has 0 atom stereocenters. The van der Waals surface area contributed by atoms with Crippen LogP contribution in [0.4, 0.5) is 0 Å². The van der Waals surface area contributed by atoms with Crippen LogP contribution in [-0.2, 0) is 28.4 Å². The van der Waals surface area contributed by atoms with Crippen molar-refractivity contribution in [2.75, 3.05) is 7.11 Å². The van der Waals surface area contributed by atoms with Gasteiger partial charge >= 0.3 is 5.97 Å². The summed E-state index contributed by atoms with van der Waals surface area (Å²) in [7, 11) is -0.832. The van der Waals surface area contributed by atoms with Gasteiger partial charge in [0.15, 0.2) is 0 Å². The van der Waals surface area contributed by atoms with Crippen molar-refractivity contribution in [2.24, 2.45) is 7.05 Å². The first kappa shape index (κ1) is 15.7. The van der Waals surface area contributed by atoms with Crippen molar-refractivity contribution >= 4 is 27.3 Å². The van der Waals surface area contributed by atoms with E-state index in [9.17, 15) is 13.2 Å². The van der Waals surface area contributed by atoms with Crippen LogP contribution in [0.1, 0.15) is 21.1 Å². The van der Waals surface area contributed by atoms with Crippen LogP contribution in [0, 0.1) is 6.92 Å². The molecule has 0 aliphatic rings. The molecular weight excluding hydrogens is 314 g/mol. The Bertz CT molecular complexity index is 761. The number of methoxy groups -OCH3 is 1. The molecule has 2 aromatic rings. The van der Waals surface area contributed by atoms with Gasteiger partial charge in [-0.25, -0.2) is 22.9 Å². The van der Waals surface area contributed by atoms with Crippen LogP contribution in [-0.4, -0.2) is 31.0 Å². The van der Waals surface area contributed by atoms with Gasteiger partial charge in [0.25, 0.3) is 0 Å². The molecular formula is C12H15N3O4S2. The number of hydrogen-bond acceptors (Lipinski definition) is 6. The molecule has 0 aromatic carbocycles. The summed E-state index contributed by atoms with van der Waals surface area (Å²) in [5.41, 5.74) is 0.507. The second kappa shape index (κ2) is 5.96. The summed E-state index contributed by atoms with van der Waals surface area (Å²) in [6.07, 6.45) is 3.30. The van der Waals surface area contributed by atoms with Crippen molar-refractivity contribution < 1.29 is 17.9 Å². The normalized spacial score (nSPS) is 11.6. The first-order valence-corrected chi connectivity index (χ1v) is 8.35. The number of ether oxygens (including phenoxy) is 1. The predicted octanol–water partition coefficient (Wildman–Crippen LogP) is 1.06. The molecule has 7 nitrogen and oxygen atoms in total. The maximum atomic E-state index is 12.4. The van der Waals surface area contributed by atoms with Crippen LogP contribution in [0.5, 0.6) is 0 Å². The van der Waals surface area contributed by atoms with E-state index in [-0.39, 0.29) is 16.3 Å². The minimum atomic E-state index is -3.82. The Labute approximate surface area is 126 Å². The fourth-order valence-electron chi connectivity index (χ4n) is 1.80. The molecule has 0 saturated carbocycles. The highest BCUT2D eigenvalue weighted by atomic mass is 32.2. The molecule has 2 rings (SSSR count). The molecule has 2 heterocycles. The van der Waals surface area contributed by atoms with Gasteiger partial charge in [-0.05, 0) is 17.9 Å². The lowest BCUT2D eigenvalue weighted by Crippen LogP contribution is -2.26. The summed E-state index contributed by atoms with van der Waals surface area (Å²) in [4.78, 5) is 15.7. The van der Waals surface area contributed by atoms with Crippen LogP contribution in [0.3, 0.4) is 0 Å². The molecule has 0 aliphatic carbocycles. The number of esters is 1. The van der Waals surface area contributed by atoms with Crippen molar-refractivity contribution in [3.05, 3.63) is 34.0 Å². The van der Waals surface area contributed by atoms with E-state index < -0.39 is 16.0 Å². The Hall–Kier alpha value is -1.71. The number of carbonyl (C=O) groups is 1. The number of aryl methyl sites for hydroxylation is 2. The molecule has 9 heteroatoms. The van der Waals surface area contributed by atoms with Gasteiger partial charge in [-0.3, -0.25) is 0 Å². The van der Waals surface area contributed by atoms with Crippen molar-refractivity contribution in [3.8, 4) is 0 Å². The summed E-state index contributed by atoms with van der Waals surface area (Å²) in [5.74, 6) is -0.0865. The van der Waals surface area contributed by atoms with Crippen molar-refractivity contribution in [3.63, 3.8) is 0 Å². The lowest BCUT2D eigenvalue weighted by molar-refractivity contribution is 0.0602. The third-order valence-corrected chi connectivity index (χ3v) is 5.69. The number of nitrogens with zero attached hydrogens (tertiary/aromatic N) is 2. The number of carbonyl (C=O) groups excluding carboxylic acids is 1. The third kappa shape index (κ3) is 3.14. The van der Waals surface area contributed by atoms with E-state index in [1.165, 1.54) is 7.11 Å². The zero-order chi connectivity index (χ0) is 15.6. The highest BCUT2D eigenvalue weighted by Crippen LogP contribution is 2.27. The molecule has 0 spiro atoms. The number of sulfonamides is 1. The topological polar surface area (TPSA) is 90.3 Å². The zero-order valence-corrected chi connectivity index (χ0v) is 13.4. The van der Waals surface area contributed by atoms with Gasteiger partial charge in [0.1, 0.15) is 15.6 Å². The fraction of sp³-hybridized carbons (Fsp3) is 0.333. The summed E-state index contributed by atoms with van der Waals surface area (Å²) < 4.78 is 33.6. The second-order valence-corrected chi connectivity index (χ2v) is 6.93. The molecule has 1 N–H and O–H groups in total. The summed E-state index contributed by atoms with van der Waals surface area (Å²) >= 11 is 1.05. The number of aromatic nitrogens is 2. The Morgan fingerprint density at radius 2 is 2.24 bits per heavy atom. The number of imidazole rings is 1. The van der Waals surface area contributed by atoms with Gasteiger partial charge in [0.2, 0.25) is 10.0 Å². The maximum Gasteiger partial charge on any atom is 0.349 e. The summed E-state index contributed by atoms with van der Waals surface area (Å²) in [5, 5.41) is 1.61. The highest BCUT2D eigenvalue weighted by Gasteiger charge is 2.27. The molecule has 0 unspecified atom stereocenters. The number of nitrogens with one attached hydrogen (secondary N) is 1. The van der Waals surface area contributed by atoms with E-state index in [0.29, 0.717) is 11.4 Å². The molecule has 2 aromatic heterocycles. The van der Waals surface area contributed by atoms with Crippen LogP contribution in [0.2, 0.25) is 0 Å². The number of thiophene rings is 1. The summed E-state index contributed by atoms with van der Waals surface area (Å²) in [6.45, 7) is 1.68. The zero-order valence-electron chi connectivity index (χ0n) is 11.8. The van der Waals surface area contributed by atoms with Gasteiger partial charge in [-0.1, -0.05) is 0 Å². The minimum absolute atomic E-state index is 0.0337. The Morgan fingerprint density at radius 1 is 1.52 bits per heavy atom. The average Bonchev–Trinajstić information content (AvgIpc) is 3.02. The molecule has 0 saturated heterocycles. The molecule has 0 fully saturated rings. The third-order valence-electron chi connectivity index (χ3n) is 2.90. The minimum Gasteiger partial charge on any atom is -0.465 e. The lowest BCUT2D eigenvalue weighted by Gasteiger charge is -2.08. The van der Waals surface area contributed by atoms with Crippen LogP contribution < -0.4 is 4.72 Å². The smallest absolute Gasteiger partial charge is 0.349 e.